The van der Waals surface area contributed by atoms with E-state index >= 15 is 0 Å². The van der Waals surface area contributed by atoms with E-state index in [1.54, 1.807) is 0 Å². The van der Waals surface area contributed by atoms with Crippen molar-refractivity contribution in [2.75, 3.05) is 26.7 Å². The third-order valence-electron chi connectivity index (χ3n) is 2.24. The Labute approximate surface area is 90.1 Å². The number of hydrogen-bond acceptors (Lipinski definition) is 2. The lowest BCUT2D eigenvalue weighted by atomic mass is 9.96. The predicted molar refractivity (Wildman–Crippen MR) is 64.7 cm³/mol. The summed E-state index contributed by atoms with van der Waals surface area (Å²) in [6.45, 7) is 14.7. The summed E-state index contributed by atoms with van der Waals surface area (Å²) in [7, 11) is 2.21. The molecule has 0 aromatic heterocycles. The molecule has 2 heteroatoms. The van der Waals surface area contributed by atoms with E-state index in [0.29, 0.717) is 11.5 Å². The fourth-order valence-electron chi connectivity index (χ4n) is 1.75. The summed E-state index contributed by atoms with van der Waals surface area (Å²) in [6, 6.07) is 0.641. The number of nitrogens with zero attached hydrogens (tertiary/aromatic N) is 1. The van der Waals surface area contributed by atoms with E-state index in [2.05, 4.69) is 51.9 Å². The molecule has 1 unspecified atom stereocenters. The Morgan fingerprint density at radius 3 is 2.29 bits per heavy atom. The molecule has 0 bridgehead atoms. The molecule has 0 rings (SSSR count). The summed E-state index contributed by atoms with van der Waals surface area (Å²) in [4.78, 5) is 2.42. The minimum atomic E-state index is 0.413. The Kier molecular flexibility index (Phi) is 6.38. The maximum absolute atomic E-state index is 3.44. The van der Waals surface area contributed by atoms with Gasteiger partial charge in [0.05, 0.1) is 0 Å². The molecule has 14 heavy (non-hydrogen) atoms. The first-order valence-corrected chi connectivity index (χ1v) is 5.77. The van der Waals surface area contributed by atoms with Crippen LogP contribution in [0.5, 0.6) is 0 Å². The fraction of sp³-hybridized carbons (Fsp3) is 1.00. The predicted octanol–water partition coefficient (Wildman–Crippen LogP) is 2.35. The number of hydrogen-bond donors (Lipinski definition) is 1. The van der Waals surface area contributed by atoms with Crippen LogP contribution in [0.1, 0.15) is 41.0 Å². The topological polar surface area (TPSA) is 15.3 Å². The van der Waals surface area contributed by atoms with E-state index in [1.165, 1.54) is 19.5 Å². The van der Waals surface area contributed by atoms with Gasteiger partial charge in [-0.05, 0) is 38.9 Å². The fourth-order valence-corrected chi connectivity index (χ4v) is 1.75. The van der Waals surface area contributed by atoms with Gasteiger partial charge in [0.2, 0.25) is 0 Å². The maximum atomic E-state index is 3.44. The van der Waals surface area contributed by atoms with E-state index in [4.69, 9.17) is 0 Å². The number of rotatable bonds is 6. The molecule has 0 aromatic carbocycles. The Morgan fingerprint density at radius 1 is 1.29 bits per heavy atom. The van der Waals surface area contributed by atoms with Crippen LogP contribution < -0.4 is 5.32 Å². The smallest absolute Gasteiger partial charge is 0.00507 e. The molecule has 0 saturated heterocycles. The van der Waals surface area contributed by atoms with E-state index in [0.717, 1.165) is 6.54 Å². The van der Waals surface area contributed by atoms with Gasteiger partial charge >= 0.3 is 0 Å². The minimum Gasteiger partial charge on any atom is -0.314 e. The quantitative estimate of drug-likeness (QED) is 0.708. The minimum absolute atomic E-state index is 0.413. The van der Waals surface area contributed by atoms with Crippen molar-refractivity contribution in [1.82, 2.24) is 10.2 Å². The van der Waals surface area contributed by atoms with Gasteiger partial charge in [-0.2, -0.15) is 0 Å². The van der Waals surface area contributed by atoms with Crippen LogP contribution in [0.2, 0.25) is 0 Å². The zero-order chi connectivity index (χ0) is 11.2. The highest BCUT2D eigenvalue weighted by Gasteiger charge is 2.13. The lowest BCUT2D eigenvalue weighted by Gasteiger charge is -2.27. The molecule has 0 aliphatic rings. The van der Waals surface area contributed by atoms with E-state index in [9.17, 15) is 0 Å². The van der Waals surface area contributed by atoms with Crippen molar-refractivity contribution in [2.45, 2.75) is 47.1 Å². The van der Waals surface area contributed by atoms with Crippen LogP contribution in [0, 0.1) is 5.41 Å². The van der Waals surface area contributed by atoms with Gasteiger partial charge in [0, 0.05) is 12.6 Å². The second kappa shape index (κ2) is 6.41. The highest BCUT2D eigenvalue weighted by Crippen LogP contribution is 2.14. The molecule has 0 aliphatic carbocycles. The Bertz CT molecular complexity index is 138. The second-order valence-corrected chi connectivity index (χ2v) is 5.55. The van der Waals surface area contributed by atoms with Crippen LogP contribution in [-0.4, -0.2) is 37.6 Å². The van der Waals surface area contributed by atoms with Gasteiger partial charge in [0.15, 0.2) is 0 Å². The molecule has 0 fully saturated rings. The second-order valence-electron chi connectivity index (χ2n) is 5.55. The van der Waals surface area contributed by atoms with Crippen LogP contribution in [0.4, 0.5) is 0 Å². The van der Waals surface area contributed by atoms with Crippen molar-refractivity contribution in [3.63, 3.8) is 0 Å². The zero-order valence-corrected chi connectivity index (χ0v) is 10.9. The lowest BCUT2D eigenvalue weighted by molar-refractivity contribution is 0.219. The zero-order valence-electron chi connectivity index (χ0n) is 10.9. The van der Waals surface area contributed by atoms with Crippen LogP contribution in [0.25, 0.3) is 0 Å². The molecule has 0 aromatic rings. The van der Waals surface area contributed by atoms with Crippen molar-refractivity contribution < 1.29 is 0 Å². The summed E-state index contributed by atoms with van der Waals surface area (Å²) >= 11 is 0. The Balaban J connectivity index is 3.58. The Morgan fingerprint density at radius 2 is 1.86 bits per heavy atom. The molecule has 1 N–H and O–H groups in total. The van der Waals surface area contributed by atoms with Gasteiger partial charge in [-0.15, -0.1) is 0 Å². The van der Waals surface area contributed by atoms with Crippen LogP contribution >= 0.6 is 0 Å². The maximum Gasteiger partial charge on any atom is 0.00507 e. The van der Waals surface area contributed by atoms with Crippen molar-refractivity contribution in [1.29, 1.82) is 0 Å². The van der Waals surface area contributed by atoms with Crippen LogP contribution in [-0.2, 0) is 0 Å². The molecule has 86 valence electrons. The lowest BCUT2D eigenvalue weighted by Crippen LogP contribution is -2.34. The molecule has 1 atom stereocenters. The summed E-state index contributed by atoms with van der Waals surface area (Å²) < 4.78 is 0. The summed E-state index contributed by atoms with van der Waals surface area (Å²) in [5.74, 6) is 0. The summed E-state index contributed by atoms with van der Waals surface area (Å²) in [5.41, 5.74) is 0.413. The summed E-state index contributed by atoms with van der Waals surface area (Å²) in [5, 5.41) is 3.44. The highest BCUT2D eigenvalue weighted by molar-refractivity contribution is 4.68. The molecule has 0 amide bonds. The SMILES string of the molecule is CCNC(C)CCN(C)CC(C)(C)C. The first-order chi connectivity index (χ1) is 6.35. The van der Waals surface area contributed by atoms with E-state index < -0.39 is 0 Å². The van der Waals surface area contributed by atoms with Crippen LogP contribution in [0.15, 0.2) is 0 Å². The van der Waals surface area contributed by atoms with Crippen molar-refractivity contribution in [3.8, 4) is 0 Å². The molecule has 0 aliphatic heterocycles. The normalized spacial score (nSPS) is 14.8. The Hall–Kier alpha value is -0.0800. The van der Waals surface area contributed by atoms with E-state index in [1.807, 2.05) is 0 Å². The van der Waals surface area contributed by atoms with Crippen molar-refractivity contribution in [3.05, 3.63) is 0 Å². The van der Waals surface area contributed by atoms with Gasteiger partial charge in [0.25, 0.3) is 0 Å². The molecular weight excluding hydrogens is 172 g/mol. The number of nitrogens with one attached hydrogen (secondary N) is 1. The van der Waals surface area contributed by atoms with E-state index in [-0.39, 0.29) is 0 Å². The van der Waals surface area contributed by atoms with Crippen LogP contribution in [0.3, 0.4) is 0 Å². The molecular formula is C12H28N2. The third-order valence-corrected chi connectivity index (χ3v) is 2.24. The van der Waals surface area contributed by atoms with Gasteiger partial charge in [-0.25, -0.2) is 0 Å². The van der Waals surface area contributed by atoms with Gasteiger partial charge in [-0.1, -0.05) is 27.7 Å². The largest absolute Gasteiger partial charge is 0.314 e. The molecule has 0 saturated carbocycles. The summed E-state index contributed by atoms with van der Waals surface area (Å²) in [6.07, 6.45) is 1.24. The molecule has 2 nitrogen and oxygen atoms in total. The standard InChI is InChI=1S/C12H28N2/c1-7-13-11(2)8-9-14(6)10-12(3,4)5/h11,13H,7-10H2,1-6H3. The molecule has 0 spiro atoms. The van der Waals surface area contributed by atoms with Gasteiger partial charge < -0.3 is 10.2 Å². The monoisotopic (exact) mass is 200 g/mol. The van der Waals surface area contributed by atoms with Crippen molar-refractivity contribution in [2.24, 2.45) is 5.41 Å². The third kappa shape index (κ3) is 8.52. The van der Waals surface area contributed by atoms with Crippen molar-refractivity contribution >= 4 is 0 Å². The first kappa shape index (κ1) is 13.9. The van der Waals surface area contributed by atoms with Gasteiger partial charge in [-0.3, -0.25) is 0 Å². The average molecular weight is 200 g/mol. The average Bonchev–Trinajstić information content (AvgIpc) is 1.98. The molecule has 0 radical (unpaired) electrons. The van der Waals surface area contributed by atoms with Gasteiger partial charge in [0.1, 0.15) is 0 Å². The highest BCUT2D eigenvalue weighted by atomic mass is 15.1. The molecule has 0 heterocycles. The first-order valence-electron chi connectivity index (χ1n) is 5.77.